The van der Waals surface area contributed by atoms with Crippen LogP contribution < -0.4 is 0 Å². The second-order valence-corrected chi connectivity index (χ2v) is 8.06. The lowest BCUT2D eigenvalue weighted by atomic mass is 10.2. The normalized spacial score (nSPS) is 11.9. The van der Waals surface area contributed by atoms with E-state index in [2.05, 4.69) is 20.9 Å². The average molecular weight is 410 g/mol. The van der Waals surface area contributed by atoms with Crippen LogP contribution in [0.4, 0.5) is 0 Å². The Kier molecular flexibility index (Phi) is 5.27. The Bertz CT molecular complexity index is 769. The summed E-state index contributed by atoms with van der Waals surface area (Å²) in [5, 5.41) is 0.179. The average Bonchev–Trinajstić information content (AvgIpc) is 2.41. The Morgan fingerprint density at radius 2 is 2.00 bits per heavy atom. The van der Waals surface area contributed by atoms with Crippen molar-refractivity contribution < 1.29 is 8.42 Å². The van der Waals surface area contributed by atoms with Gasteiger partial charge in [0.2, 0.25) is 10.0 Å². The molecular formula is C13H11BrCl2N2O2S. The molecule has 0 aliphatic heterocycles. The summed E-state index contributed by atoms with van der Waals surface area (Å²) in [6, 6.07) is 8.73. The molecule has 1 aromatic heterocycles. The van der Waals surface area contributed by atoms with Crippen LogP contribution >= 0.6 is 39.1 Å². The van der Waals surface area contributed by atoms with Crippen molar-refractivity contribution in [1.29, 1.82) is 0 Å². The van der Waals surface area contributed by atoms with Gasteiger partial charge in [-0.05, 0) is 23.8 Å². The van der Waals surface area contributed by atoms with Crippen LogP contribution in [0.1, 0.15) is 5.56 Å². The zero-order valence-electron chi connectivity index (χ0n) is 10.9. The van der Waals surface area contributed by atoms with Crippen molar-refractivity contribution in [1.82, 2.24) is 9.29 Å². The van der Waals surface area contributed by atoms with Crippen LogP contribution in [0.15, 0.2) is 45.9 Å². The molecule has 0 aliphatic rings. The number of rotatable bonds is 4. The third-order valence-electron chi connectivity index (χ3n) is 2.77. The highest BCUT2D eigenvalue weighted by Crippen LogP contribution is 2.24. The molecule has 0 atom stereocenters. The summed E-state index contributed by atoms with van der Waals surface area (Å²) in [5.74, 6) is 0. The van der Waals surface area contributed by atoms with E-state index in [1.54, 1.807) is 0 Å². The van der Waals surface area contributed by atoms with Gasteiger partial charge in [-0.25, -0.2) is 13.4 Å². The van der Waals surface area contributed by atoms with Gasteiger partial charge < -0.3 is 0 Å². The summed E-state index contributed by atoms with van der Waals surface area (Å²) in [4.78, 5) is 3.78. The number of benzene rings is 1. The van der Waals surface area contributed by atoms with Gasteiger partial charge >= 0.3 is 0 Å². The van der Waals surface area contributed by atoms with E-state index in [0.29, 0.717) is 0 Å². The summed E-state index contributed by atoms with van der Waals surface area (Å²) < 4.78 is 27.0. The smallest absolute Gasteiger partial charge is 0.242 e. The first-order valence-corrected chi connectivity index (χ1v) is 8.81. The molecule has 2 rings (SSSR count). The molecule has 112 valence electrons. The first kappa shape index (κ1) is 16.7. The molecule has 0 bridgehead atoms. The molecule has 8 heteroatoms. The maximum absolute atomic E-state index is 12.5. The number of halogens is 3. The minimum Gasteiger partial charge on any atom is -0.242 e. The summed E-state index contributed by atoms with van der Waals surface area (Å²) in [5.41, 5.74) is 0.864. The highest BCUT2D eigenvalue weighted by Gasteiger charge is 2.22. The van der Waals surface area contributed by atoms with Crippen LogP contribution in [0.5, 0.6) is 0 Å². The van der Waals surface area contributed by atoms with Gasteiger partial charge in [0.05, 0.1) is 5.02 Å². The third kappa shape index (κ3) is 3.96. The maximum Gasteiger partial charge on any atom is 0.244 e. The first-order chi connectivity index (χ1) is 9.80. The third-order valence-corrected chi connectivity index (χ3v) is 5.72. The second-order valence-electron chi connectivity index (χ2n) is 4.33. The molecule has 0 unspecified atom stereocenters. The number of hydrogen-bond acceptors (Lipinski definition) is 3. The Morgan fingerprint density at radius 3 is 2.62 bits per heavy atom. The molecule has 0 fully saturated rings. The lowest BCUT2D eigenvalue weighted by Crippen LogP contribution is -2.26. The number of nitrogens with zero attached hydrogens (tertiary/aromatic N) is 2. The number of pyridine rings is 1. The van der Waals surface area contributed by atoms with Crippen molar-refractivity contribution >= 4 is 49.2 Å². The van der Waals surface area contributed by atoms with E-state index in [1.165, 1.54) is 23.6 Å². The quantitative estimate of drug-likeness (QED) is 0.717. The van der Waals surface area contributed by atoms with E-state index >= 15 is 0 Å². The van der Waals surface area contributed by atoms with Crippen LogP contribution in [0.25, 0.3) is 0 Å². The second kappa shape index (κ2) is 6.62. The van der Waals surface area contributed by atoms with Crippen molar-refractivity contribution in [3.05, 3.63) is 56.7 Å². The molecule has 0 saturated heterocycles. The molecule has 0 saturated carbocycles. The fourth-order valence-corrected chi connectivity index (χ4v) is 3.61. The molecule has 21 heavy (non-hydrogen) atoms. The van der Waals surface area contributed by atoms with Gasteiger partial charge in [0.1, 0.15) is 10.0 Å². The minimum atomic E-state index is -3.68. The molecule has 2 aromatic rings. The van der Waals surface area contributed by atoms with Crippen molar-refractivity contribution in [3.8, 4) is 0 Å². The van der Waals surface area contributed by atoms with Crippen LogP contribution in [0, 0.1) is 0 Å². The van der Waals surface area contributed by atoms with Gasteiger partial charge in [-0.1, -0.05) is 51.3 Å². The number of sulfonamides is 1. The predicted molar refractivity (Wildman–Crippen MR) is 87.1 cm³/mol. The fraction of sp³-hybridized carbons (Fsp3) is 0.154. The summed E-state index contributed by atoms with van der Waals surface area (Å²) in [6.45, 7) is 0.238. The van der Waals surface area contributed by atoms with E-state index in [4.69, 9.17) is 23.2 Å². The molecule has 0 amide bonds. The van der Waals surface area contributed by atoms with Gasteiger partial charge in [0, 0.05) is 24.3 Å². The molecule has 0 spiro atoms. The van der Waals surface area contributed by atoms with E-state index in [-0.39, 0.29) is 21.6 Å². The van der Waals surface area contributed by atoms with E-state index in [0.717, 1.165) is 10.0 Å². The largest absolute Gasteiger partial charge is 0.244 e. The molecule has 0 N–H and O–H groups in total. The topological polar surface area (TPSA) is 50.3 Å². The molecule has 4 nitrogen and oxygen atoms in total. The Hall–Kier alpha value is -0.660. The van der Waals surface area contributed by atoms with E-state index in [9.17, 15) is 8.42 Å². The van der Waals surface area contributed by atoms with Crippen LogP contribution in [0.2, 0.25) is 10.2 Å². The summed E-state index contributed by atoms with van der Waals surface area (Å²) >= 11 is 14.9. The molecular weight excluding hydrogens is 399 g/mol. The Labute approximate surface area is 141 Å². The van der Waals surface area contributed by atoms with Crippen molar-refractivity contribution in [2.45, 2.75) is 11.4 Å². The van der Waals surface area contributed by atoms with Crippen LogP contribution in [0.3, 0.4) is 0 Å². The van der Waals surface area contributed by atoms with E-state index in [1.807, 2.05) is 24.3 Å². The fourth-order valence-electron chi connectivity index (χ4n) is 1.70. The monoisotopic (exact) mass is 408 g/mol. The lowest BCUT2D eigenvalue weighted by Gasteiger charge is -2.17. The highest BCUT2D eigenvalue weighted by atomic mass is 79.9. The minimum absolute atomic E-state index is 0.00870. The number of hydrogen-bond donors (Lipinski definition) is 0. The van der Waals surface area contributed by atoms with Gasteiger partial charge in [-0.2, -0.15) is 4.31 Å². The highest BCUT2D eigenvalue weighted by molar-refractivity contribution is 9.10. The van der Waals surface area contributed by atoms with Gasteiger partial charge in [0.15, 0.2) is 0 Å². The van der Waals surface area contributed by atoms with E-state index < -0.39 is 10.0 Å². The summed E-state index contributed by atoms with van der Waals surface area (Å²) in [6.07, 6.45) is 1.20. The Balaban J connectivity index is 2.28. The molecule has 0 aliphatic carbocycles. The first-order valence-electron chi connectivity index (χ1n) is 5.82. The Morgan fingerprint density at radius 1 is 1.29 bits per heavy atom. The van der Waals surface area contributed by atoms with Gasteiger partial charge in [0.25, 0.3) is 0 Å². The lowest BCUT2D eigenvalue weighted by molar-refractivity contribution is 0.466. The maximum atomic E-state index is 12.5. The van der Waals surface area contributed by atoms with Gasteiger partial charge in [-0.3, -0.25) is 0 Å². The molecule has 0 radical (unpaired) electrons. The zero-order valence-corrected chi connectivity index (χ0v) is 14.8. The number of aromatic nitrogens is 1. The molecule has 1 heterocycles. The van der Waals surface area contributed by atoms with Crippen molar-refractivity contribution in [3.63, 3.8) is 0 Å². The van der Waals surface area contributed by atoms with Crippen molar-refractivity contribution in [2.24, 2.45) is 0 Å². The zero-order chi connectivity index (χ0) is 15.6. The van der Waals surface area contributed by atoms with Crippen LogP contribution in [-0.2, 0) is 16.6 Å². The van der Waals surface area contributed by atoms with Gasteiger partial charge in [-0.15, -0.1) is 0 Å². The summed E-state index contributed by atoms with van der Waals surface area (Å²) in [7, 11) is -2.18. The molecule has 1 aromatic carbocycles. The van der Waals surface area contributed by atoms with Crippen LogP contribution in [-0.4, -0.2) is 24.8 Å². The predicted octanol–water partition coefficient (Wildman–Crippen LogP) is 3.97. The van der Waals surface area contributed by atoms with Crippen molar-refractivity contribution in [2.75, 3.05) is 7.05 Å². The SMILES string of the molecule is CN(Cc1cccc(Br)c1)S(=O)(=O)c1cnc(Cl)c(Cl)c1. The standard InChI is InChI=1S/C13H11BrCl2N2O2S/c1-18(8-9-3-2-4-10(14)5-9)21(19,20)11-6-12(15)13(16)17-7-11/h2-7H,8H2,1H3.